The Kier molecular flexibility index (Phi) is 5.12. The predicted octanol–water partition coefficient (Wildman–Crippen LogP) is 5.39. The van der Waals surface area contributed by atoms with Crippen LogP contribution in [0.5, 0.6) is 0 Å². The van der Waals surface area contributed by atoms with Crippen LogP contribution in [0.4, 0.5) is 10.8 Å². The number of amides is 1. The number of rotatable bonds is 4. The molecule has 2 aromatic carbocycles. The van der Waals surface area contributed by atoms with Crippen molar-refractivity contribution in [3.63, 3.8) is 0 Å². The highest BCUT2D eigenvalue weighted by Gasteiger charge is 2.17. The molecule has 0 saturated heterocycles. The van der Waals surface area contributed by atoms with Gasteiger partial charge in [-0.3, -0.25) is 20.2 Å². The van der Waals surface area contributed by atoms with E-state index in [2.05, 4.69) is 26.2 Å². The lowest BCUT2D eigenvalue weighted by molar-refractivity contribution is -0.384. The summed E-state index contributed by atoms with van der Waals surface area (Å²) < 4.78 is 0.923. The van der Waals surface area contributed by atoms with Gasteiger partial charge in [0.05, 0.1) is 21.2 Å². The summed E-state index contributed by atoms with van der Waals surface area (Å²) in [7, 11) is 0. The van der Waals surface area contributed by atoms with Gasteiger partial charge in [0.25, 0.3) is 11.6 Å². The highest BCUT2D eigenvalue weighted by Crippen LogP contribution is 2.28. The molecule has 0 aliphatic carbocycles. The molecule has 6 nitrogen and oxygen atoms in total. The van der Waals surface area contributed by atoms with Crippen molar-refractivity contribution in [2.75, 3.05) is 5.32 Å². The lowest BCUT2D eigenvalue weighted by Crippen LogP contribution is -2.12. The zero-order valence-corrected chi connectivity index (χ0v) is 15.6. The first-order chi connectivity index (χ1) is 11.9. The van der Waals surface area contributed by atoms with Crippen molar-refractivity contribution >= 4 is 55.6 Å². The lowest BCUT2D eigenvalue weighted by Gasteiger charge is -2.04. The molecule has 9 heteroatoms. The number of non-ortho nitro benzene ring substituents is 1. The zero-order valence-electron chi connectivity index (χ0n) is 12.4. The van der Waals surface area contributed by atoms with Crippen LogP contribution in [0.2, 0.25) is 5.02 Å². The van der Waals surface area contributed by atoms with E-state index < -0.39 is 10.8 Å². The fourth-order valence-corrected chi connectivity index (χ4v) is 3.39. The van der Waals surface area contributed by atoms with E-state index in [1.54, 1.807) is 0 Å². The summed E-state index contributed by atoms with van der Waals surface area (Å²) >= 11 is 10.6. The standard InChI is InChI=1S/C16H9BrClN3O3S/c17-10-3-1-2-9(6-10)14-8-25-16(19-14)20-15(22)12-7-11(21(23)24)4-5-13(12)18/h1-8H,(H,19,20,22). The molecule has 3 aromatic rings. The monoisotopic (exact) mass is 437 g/mol. The molecule has 25 heavy (non-hydrogen) atoms. The van der Waals surface area contributed by atoms with Crippen LogP contribution in [0.3, 0.4) is 0 Å². The number of hydrogen-bond donors (Lipinski definition) is 1. The van der Waals surface area contributed by atoms with E-state index in [0.29, 0.717) is 10.8 Å². The zero-order chi connectivity index (χ0) is 18.0. The lowest BCUT2D eigenvalue weighted by atomic mass is 10.2. The second-order valence-electron chi connectivity index (χ2n) is 4.92. The van der Waals surface area contributed by atoms with E-state index in [-0.39, 0.29) is 16.3 Å². The number of thiazole rings is 1. The number of benzene rings is 2. The Bertz CT molecular complexity index is 977. The van der Waals surface area contributed by atoms with Gasteiger partial charge >= 0.3 is 0 Å². The van der Waals surface area contributed by atoms with Crippen LogP contribution in [0, 0.1) is 10.1 Å². The third kappa shape index (κ3) is 4.04. The average molecular weight is 439 g/mol. The number of nitro benzene ring substituents is 1. The minimum Gasteiger partial charge on any atom is -0.298 e. The predicted molar refractivity (Wildman–Crippen MR) is 101 cm³/mol. The molecule has 3 rings (SSSR count). The van der Waals surface area contributed by atoms with Crippen LogP contribution in [0.15, 0.2) is 52.3 Å². The van der Waals surface area contributed by atoms with Crippen molar-refractivity contribution in [3.8, 4) is 11.3 Å². The molecule has 1 amide bonds. The van der Waals surface area contributed by atoms with Crippen molar-refractivity contribution in [2.45, 2.75) is 0 Å². The molecule has 0 bridgehead atoms. The normalized spacial score (nSPS) is 10.5. The Labute approximate surface area is 159 Å². The molecule has 0 saturated carbocycles. The Balaban J connectivity index is 1.83. The van der Waals surface area contributed by atoms with Gasteiger partial charge in [-0.25, -0.2) is 4.98 Å². The van der Waals surface area contributed by atoms with Gasteiger partial charge in [0.1, 0.15) is 0 Å². The number of aromatic nitrogens is 1. The highest BCUT2D eigenvalue weighted by atomic mass is 79.9. The quantitative estimate of drug-likeness (QED) is 0.437. The van der Waals surface area contributed by atoms with Crippen molar-refractivity contribution < 1.29 is 9.72 Å². The van der Waals surface area contributed by atoms with E-state index in [0.717, 1.165) is 16.1 Å². The molecule has 0 aliphatic heterocycles. The summed E-state index contributed by atoms with van der Waals surface area (Å²) in [6.45, 7) is 0. The van der Waals surface area contributed by atoms with Crippen LogP contribution in [0.25, 0.3) is 11.3 Å². The van der Waals surface area contributed by atoms with E-state index in [4.69, 9.17) is 11.6 Å². The van der Waals surface area contributed by atoms with Gasteiger partial charge in [0, 0.05) is 27.5 Å². The maximum absolute atomic E-state index is 12.4. The summed E-state index contributed by atoms with van der Waals surface area (Å²) in [4.78, 5) is 27.0. The van der Waals surface area contributed by atoms with Crippen molar-refractivity contribution in [1.29, 1.82) is 0 Å². The summed E-state index contributed by atoms with van der Waals surface area (Å²) in [6, 6.07) is 11.3. The van der Waals surface area contributed by atoms with Crippen molar-refractivity contribution in [1.82, 2.24) is 4.98 Å². The average Bonchev–Trinajstić information content (AvgIpc) is 3.03. The number of carbonyl (C=O) groups is 1. The van der Waals surface area contributed by atoms with E-state index in [1.807, 2.05) is 29.6 Å². The molecule has 0 unspecified atom stereocenters. The van der Waals surface area contributed by atoms with Crippen LogP contribution in [-0.2, 0) is 0 Å². The number of halogens is 2. The van der Waals surface area contributed by atoms with E-state index >= 15 is 0 Å². The number of anilines is 1. The van der Waals surface area contributed by atoms with Crippen LogP contribution in [-0.4, -0.2) is 15.8 Å². The minimum atomic E-state index is -0.581. The second-order valence-corrected chi connectivity index (χ2v) is 7.10. The number of nitrogens with zero attached hydrogens (tertiary/aromatic N) is 2. The van der Waals surface area contributed by atoms with Crippen LogP contribution >= 0.6 is 38.9 Å². The molecule has 0 fully saturated rings. The van der Waals surface area contributed by atoms with Gasteiger partial charge < -0.3 is 0 Å². The van der Waals surface area contributed by atoms with Gasteiger partial charge in [0.2, 0.25) is 0 Å². The number of nitro groups is 1. The first kappa shape index (κ1) is 17.5. The first-order valence-corrected chi connectivity index (χ1v) is 8.96. The molecule has 0 radical (unpaired) electrons. The van der Waals surface area contributed by atoms with E-state index in [1.165, 1.54) is 23.5 Å². The molecule has 0 spiro atoms. The molecule has 1 heterocycles. The Hall–Kier alpha value is -2.29. The second kappa shape index (κ2) is 7.30. The largest absolute Gasteiger partial charge is 0.298 e. The Morgan fingerprint density at radius 1 is 1.28 bits per heavy atom. The summed E-state index contributed by atoms with van der Waals surface area (Å²) in [5.74, 6) is -0.552. The first-order valence-electron chi connectivity index (χ1n) is 6.91. The van der Waals surface area contributed by atoms with Crippen LogP contribution < -0.4 is 5.32 Å². The van der Waals surface area contributed by atoms with Crippen molar-refractivity contribution in [2.24, 2.45) is 0 Å². The SMILES string of the molecule is O=C(Nc1nc(-c2cccc(Br)c2)cs1)c1cc([N+](=O)[O-])ccc1Cl. The third-order valence-corrected chi connectivity index (χ3v) is 4.83. The maximum atomic E-state index is 12.4. The summed E-state index contributed by atoms with van der Waals surface area (Å²) in [6.07, 6.45) is 0. The minimum absolute atomic E-state index is 0.0232. The fraction of sp³-hybridized carbons (Fsp3) is 0. The number of nitrogens with one attached hydrogen (secondary N) is 1. The highest BCUT2D eigenvalue weighted by molar-refractivity contribution is 9.10. The summed E-state index contributed by atoms with van der Waals surface area (Å²) in [5, 5.41) is 15.8. The van der Waals surface area contributed by atoms with E-state index in [9.17, 15) is 14.9 Å². The number of carbonyl (C=O) groups excluding carboxylic acids is 1. The fourth-order valence-electron chi connectivity index (χ4n) is 2.08. The van der Waals surface area contributed by atoms with Gasteiger partial charge in [0.15, 0.2) is 5.13 Å². The van der Waals surface area contributed by atoms with Gasteiger partial charge in [-0.05, 0) is 18.2 Å². The van der Waals surface area contributed by atoms with Crippen molar-refractivity contribution in [3.05, 3.63) is 73.0 Å². The summed E-state index contributed by atoms with van der Waals surface area (Å²) in [5.41, 5.74) is 1.44. The van der Waals surface area contributed by atoms with Gasteiger partial charge in [-0.2, -0.15) is 0 Å². The maximum Gasteiger partial charge on any atom is 0.270 e. The van der Waals surface area contributed by atoms with Gasteiger partial charge in [-0.1, -0.05) is 39.7 Å². The smallest absolute Gasteiger partial charge is 0.270 e. The molecule has 0 atom stereocenters. The van der Waals surface area contributed by atoms with Crippen LogP contribution in [0.1, 0.15) is 10.4 Å². The Morgan fingerprint density at radius 2 is 2.08 bits per heavy atom. The third-order valence-electron chi connectivity index (χ3n) is 3.25. The molecular formula is C16H9BrClN3O3S. The molecule has 126 valence electrons. The van der Waals surface area contributed by atoms with Gasteiger partial charge in [-0.15, -0.1) is 11.3 Å². The molecule has 1 N–H and O–H groups in total. The number of hydrogen-bond acceptors (Lipinski definition) is 5. The molecule has 1 aromatic heterocycles. The molecular weight excluding hydrogens is 430 g/mol. The topological polar surface area (TPSA) is 85.1 Å². The Morgan fingerprint density at radius 3 is 2.80 bits per heavy atom. The molecule has 0 aliphatic rings.